The van der Waals surface area contributed by atoms with Crippen molar-refractivity contribution in [2.45, 2.75) is 32.2 Å². The van der Waals surface area contributed by atoms with Gasteiger partial charge in [0.2, 0.25) is 0 Å². The molecule has 0 fully saturated rings. The van der Waals surface area contributed by atoms with Gasteiger partial charge in [-0.25, -0.2) is 0 Å². The minimum atomic E-state index is -4.43. The number of aromatic nitrogens is 2. The molecule has 114 valence electrons. The summed E-state index contributed by atoms with van der Waals surface area (Å²) in [6.45, 7) is 2.62. The van der Waals surface area contributed by atoms with Crippen molar-refractivity contribution in [2.24, 2.45) is 0 Å². The molecule has 1 aromatic heterocycles. The first-order valence-electron chi connectivity index (χ1n) is 6.37. The molecule has 0 saturated carbocycles. The number of hydrogen-bond donors (Lipinski definition) is 1. The van der Waals surface area contributed by atoms with Crippen LogP contribution in [0.3, 0.4) is 0 Å². The van der Waals surface area contributed by atoms with Crippen molar-refractivity contribution in [1.82, 2.24) is 9.78 Å². The van der Waals surface area contributed by atoms with E-state index >= 15 is 0 Å². The highest BCUT2D eigenvalue weighted by Gasteiger charge is 2.31. The number of rotatable bonds is 4. The van der Waals surface area contributed by atoms with E-state index in [2.05, 4.69) is 21.0 Å². The van der Waals surface area contributed by atoms with Gasteiger partial charge in [0.15, 0.2) is 0 Å². The van der Waals surface area contributed by atoms with Crippen molar-refractivity contribution in [3.8, 4) is 0 Å². The highest BCUT2D eigenvalue weighted by atomic mass is 79.9. The van der Waals surface area contributed by atoms with Crippen LogP contribution >= 0.6 is 15.9 Å². The summed E-state index contributed by atoms with van der Waals surface area (Å²) in [6, 6.07) is 3.26. The fraction of sp³-hybridized carbons (Fsp3) is 0.357. The molecular weight excluding hydrogens is 349 g/mol. The first-order chi connectivity index (χ1) is 9.81. The van der Waals surface area contributed by atoms with Crippen LogP contribution in [0.5, 0.6) is 0 Å². The van der Waals surface area contributed by atoms with Crippen LogP contribution < -0.4 is 0 Å². The van der Waals surface area contributed by atoms with Gasteiger partial charge in [0, 0.05) is 23.6 Å². The second-order valence-corrected chi connectivity index (χ2v) is 5.51. The zero-order valence-electron chi connectivity index (χ0n) is 11.2. The summed E-state index contributed by atoms with van der Waals surface area (Å²) in [7, 11) is 0. The lowest BCUT2D eigenvalue weighted by molar-refractivity contribution is -0.137. The average Bonchev–Trinajstić information content (AvgIpc) is 2.85. The minimum absolute atomic E-state index is 0.208. The van der Waals surface area contributed by atoms with Crippen LogP contribution in [0.4, 0.5) is 13.2 Å². The zero-order chi connectivity index (χ0) is 15.6. The molecule has 1 N–H and O–H groups in total. The van der Waals surface area contributed by atoms with Gasteiger partial charge in [-0.2, -0.15) is 18.3 Å². The second kappa shape index (κ2) is 6.19. The van der Waals surface area contributed by atoms with Gasteiger partial charge in [-0.1, -0.05) is 15.9 Å². The average molecular weight is 363 g/mol. The Hall–Kier alpha value is -1.34. The van der Waals surface area contributed by atoms with E-state index in [1.54, 1.807) is 17.1 Å². The number of halogens is 4. The first kappa shape index (κ1) is 16.0. The van der Waals surface area contributed by atoms with E-state index in [4.69, 9.17) is 0 Å². The summed E-state index contributed by atoms with van der Waals surface area (Å²) >= 11 is 3.18. The molecule has 0 saturated heterocycles. The maximum Gasteiger partial charge on any atom is 0.416 e. The number of alkyl halides is 3. The molecule has 0 spiro atoms. The molecule has 1 atom stereocenters. The largest absolute Gasteiger partial charge is 0.416 e. The molecule has 0 bridgehead atoms. The van der Waals surface area contributed by atoms with Crippen LogP contribution in [-0.4, -0.2) is 14.9 Å². The lowest BCUT2D eigenvalue weighted by atomic mass is 10.0. The molecule has 0 aliphatic rings. The topological polar surface area (TPSA) is 38.0 Å². The van der Waals surface area contributed by atoms with Gasteiger partial charge in [0.25, 0.3) is 0 Å². The third kappa shape index (κ3) is 3.85. The van der Waals surface area contributed by atoms with Gasteiger partial charge in [-0.05, 0) is 36.2 Å². The maximum atomic E-state index is 12.7. The first-order valence-corrected chi connectivity index (χ1v) is 7.16. The molecule has 0 amide bonds. The summed E-state index contributed by atoms with van der Waals surface area (Å²) in [4.78, 5) is 0. The third-order valence-electron chi connectivity index (χ3n) is 3.12. The van der Waals surface area contributed by atoms with E-state index in [9.17, 15) is 18.3 Å². The molecule has 2 aromatic rings. The molecule has 1 unspecified atom stereocenters. The normalized spacial score (nSPS) is 13.4. The standard InChI is InChI=1S/C14H14BrF3N2O/c1-2-20-8-9(7-19-20)5-13(21)11-6-10(14(16,17)18)3-4-12(11)15/h3-4,6-8,13,21H,2,5H2,1H3. The molecule has 2 rings (SSSR count). The predicted molar refractivity (Wildman–Crippen MR) is 75.7 cm³/mol. The van der Waals surface area contributed by atoms with Crippen molar-refractivity contribution in [1.29, 1.82) is 0 Å². The Labute approximate surface area is 128 Å². The Kier molecular flexibility index (Phi) is 4.73. The van der Waals surface area contributed by atoms with Gasteiger partial charge in [0.05, 0.1) is 17.9 Å². The van der Waals surface area contributed by atoms with Crippen LogP contribution in [0.2, 0.25) is 0 Å². The number of benzene rings is 1. The predicted octanol–water partition coefficient (Wildman–Crippen LogP) is 3.96. The lowest BCUT2D eigenvalue weighted by Crippen LogP contribution is -2.08. The van der Waals surface area contributed by atoms with E-state index in [1.165, 1.54) is 6.07 Å². The molecule has 1 heterocycles. The van der Waals surface area contributed by atoms with Crippen molar-refractivity contribution in [3.05, 3.63) is 51.8 Å². The second-order valence-electron chi connectivity index (χ2n) is 4.66. The third-order valence-corrected chi connectivity index (χ3v) is 3.84. The van der Waals surface area contributed by atoms with E-state index in [1.807, 2.05) is 6.92 Å². The smallest absolute Gasteiger partial charge is 0.388 e. The summed E-state index contributed by atoms with van der Waals surface area (Å²) in [5.74, 6) is 0. The molecule has 21 heavy (non-hydrogen) atoms. The highest BCUT2D eigenvalue weighted by Crippen LogP contribution is 2.34. The SMILES string of the molecule is CCn1cc(CC(O)c2cc(C(F)(F)F)ccc2Br)cn1. The van der Waals surface area contributed by atoms with E-state index in [0.29, 0.717) is 11.0 Å². The monoisotopic (exact) mass is 362 g/mol. The van der Waals surface area contributed by atoms with Crippen molar-refractivity contribution in [3.63, 3.8) is 0 Å². The summed E-state index contributed by atoms with van der Waals surface area (Å²) in [5, 5.41) is 14.3. The highest BCUT2D eigenvalue weighted by molar-refractivity contribution is 9.10. The lowest BCUT2D eigenvalue weighted by Gasteiger charge is -2.15. The van der Waals surface area contributed by atoms with Crippen molar-refractivity contribution >= 4 is 15.9 Å². The quantitative estimate of drug-likeness (QED) is 0.893. The summed E-state index contributed by atoms with van der Waals surface area (Å²) < 4.78 is 40.3. The Balaban J connectivity index is 2.23. The van der Waals surface area contributed by atoms with Gasteiger partial charge in [-0.15, -0.1) is 0 Å². The van der Waals surface area contributed by atoms with Crippen molar-refractivity contribution in [2.75, 3.05) is 0 Å². The molecule has 0 aliphatic heterocycles. The van der Waals surface area contributed by atoms with Crippen LogP contribution in [-0.2, 0) is 19.1 Å². The number of aliphatic hydroxyl groups excluding tert-OH is 1. The summed E-state index contributed by atoms with van der Waals surface area (Å²) in [6.07, 6.45) is -1.88. The van der Waals surface area contributed by atoms with Gasteiger partial charge in [-0.3, -0.25) is 4.68 Å². The van der Waals surface area contributed by atoms with Crippen LogP contribution in [0.25, 0.3) is 0 Å². The Bertz CT molecular complexity index is 625. The Morgan fingerprint density at radius 2 is 2.10 bits per heavy atom. The van der Waals surface area contributed by atoms with Crippen molar-refractivity contribution < 1.29 is 18.3 Å². The fourth-order valence-electron chi connectivity index (χ4n) is 1.99. The molecule has 0 aliphatic carbocycles. The van der Waals surface area contributed by atoms with E-state index in [0.717, 1.165) is 17.7 Å². The van der Waals surface area contributed by atoms with Crippen LogP contribution in [0, 0.1) is 0 Å². The molecule has 0 radical (unpaired) electrons. The molecular formula is C14H14BrF3N2O. The van der Waals surface area contributed by atoms with Gasteiger partial charge >= 0.3 is 6.18 Å². The number of aryl methyl sites for hydroxylation is 1. The number of aliphatic hydroxyl groups is 1. The zero-order valence-corrected chi connectivity index (χ0v) is 12.8. The number of hydrogen-bond acceptors (Lipinski definition) is 2. The van der Waals surface area contributed by atoms with E-state index in [-0.39, 0.29) is 12.0 Å². The van der Waals surface area contributed by atoms with Gasteiger partial charge < -0.3 is 5.11 Å². The fourth-order valence-corrected chi connectivity index (χ4v) is 2.50. The number of nitrogens with zero attached hydrogens (tertiary/aromatic N) is 2. The van der Waals surface area contributed by atoms with Gasteiger partial charge in [0.1, 0.15) is 0 Å². The van der Waals surface area contributed by atoms with Crippen LogP contribution in [0.1, 0.15) is 29.7 Å². The summed E-state index contributed by atoms with van der Waals surface area (Å²) in [5.41, 5.74) is 0.215. The molecule has 1 aromatic carbocycles. The Morgan fingerprint density at radius 3 is 2.67 bits per heavy atom. The minimum Gasteiger partial charge on any atom is -0.388 e. The maximum absolute atomic E-state index is 12.7. The van der Waals surface area contributed by atoms with E-state index < -0.39 is 17.8 Å². The molecule has 3 nitrogen and oxygen atoms in total. The molecule has 7 heteroatoms. The Morgan fingerprint density at radius 1 is 1.38 bits per heavy atom. The van der Waals surface area contributed by atoms with Crippen LogP contribution in [0.15, 0.2) is 35.1 Å².